The molecular formula is C11H11BrClF3N2. The van der Waals surface area contributed by atoms with Crippen molar-refractivity contribution in [1.82, 2.24) is 10.2 Å². The third-order valence-corrected chi connectivity index (χ3v) is 4.05. The van der Waals surface area contributed by atoms with Crippen molar-refractivity contribution in [3.8, 4) is 0 Å². The van der Waals surface area contributed by atoms with Crippen LogP contribution in [0, 0.1) is 17.5 Å². The summed E-state index contributed by atoms with van der Waals surface area (Å²) in [5.74, 6) is -3.38. The summed E-state index contributed by atoms with van der Waals surface area (Å²) in [6, 6.07) is 0. The molecule has 0 radical (unpaired) electrons. The Hall–Kier alpha value is -0.300. The Morgan fingerprint density at radius 2 is 1.72 bits per heavy atom. The van der Waals surface area contributed by atoms with Crippen LogP contribution in [0.3, 0.4) is 0 Å². The van der Waals surface area contributed by atoms with Gasteiger partial charge in [0.2, 0.25) is 0 Å². The van der Waals surface area contributed by atoms with E-state index in [-0.39, 0.29) is 16.6 Å². The molecule has 1 aromatic carbocycles. The van der Waals surface area contributed by atoms with Crippen LogP contribution in [-0.2, 0) is 6.54 Å². The molecule has 7 heteroatoms. The van der Waals surface area contributed by atoms with Crippen molar-refractivity contribution in [2.24, 2.45) is 0 Å². The molecule has 2 nitrogen and oxygen atoms in total. The van der Waals surface area contributed by atoms with Crippen molar-refractivity contribution in [1.29, 1.82) is 0 Å². The monoisotopic (exact) mass is 342 g/mol. The minimum atomic E-state index is -1.33. The quantitative estimate of drug-likeness (QED) is 0.656. The zero-order valence-corrected chi connectivity index (χ0v) is 11.7. The fourth-order valence-corrected chi connectivity index (χ4v) is 2.67. The highest BCUT2D eigenvalue weighted by atomic mass is 79.9. The van der Waals surface area contributed by atoms with Gasteiger partial charge < -0.3 is 5.32 Å². The van der Waals surface area contributed by atoms with E-state index in [0.29, 0.717) is 13.1 Å². The minimum absolute atomic E-state index is 0.0312. The molecule has 1 N–H and O–H groups in total. The summed E-state index contributed by atoms with van der Waals surface area (Å²) in [7, 11) is 0. The molecule has 0 unspecified atom stereocenters. The van der Waals surface area contributed by atoms with Crippen LogP contribution in [0.5, 0.6) is 0 Å². The molecule has 1 aromatic rings. The van der Waals surface area contributed by atoms with E-state index < -0.39 is 22.5 Å². The van der Waals surface area contributed by atoms with Gasteiger partial charge in [-0.3, -0.25) is 4.90 Å². The molecule has 0 aromatic heterocycles. The van der Waals surface area contributed by atoms with Crippen molar-refractivity contribution in [3.63, 3.8) is 0 Å². The summed E-state index contributed by atoms with van der Waals surface area (Å²) >= 11 is 8.29. The molecule has 2 rings (SSSR count). The molecule has 1 fully saturated rings. The Morgan fingerprint density at radius 1 is 1.11 bits per heavy atom. The number of piperazine rings is 1. The number of hydrogen-bond acceptors (Lipinski definition) is 2. The molecule has 0 atom stereocenters. The molecule has 0 amide bonds. The molecule has 0 saturated carbocycles. The van der Waals surface area contributed by atoms with Crippen molar-refractivity contribution < 1.29 is 13.2 Å². The lowest BCUT2D eigenvalue weighted by molar-refractivity contribution is 0.228. The number of nitrogens with zero attached hydrogens (tertiary/aromatic N) is 1. The van der Waals surface area contributed by atoms with Gasteiger partial charge in [-0.25, -0.2) is 13.2 Å². The first kappa shape index (κ1) is 14.1. The number of benzene rings is 1. The lowest BCUT2D eigenvalue weighted by atomic mass is 10.1. The molecule has 0 bridgehead atoms. The van der Waals surface area contributed by atoms with Crippen LogP contribution in [0.1, 0.15) is 5.56 Å². The van der Waals surface area contributed by atoms with E-state index in [1.165, 1.54) is 0 Å². The van der Waals surface area contributed by atoms with Crippen LogP contribution in [-0.4, -0.2) is 31.1 Å². The number of halogens is 5. The number of hydrogen-bond donors (Lipinski definition) is 1. The predicted octanol–water partition coefficient (Wildman–Crippen LogP) is 2.93. The van der Waals surface area contributed by atoms with Crippen molar-refractivity contribution >= 4 is 27.5 Å². The molecule has 1 aliphatic heterocycles. The Balaban J connectivity index is 2.32. The maximum atomic E-state index is 13.8. The van der Waals surface area contributed by atoms with Gasteiger partial charge in [-0.2, -0.15) is 0 Å². The van der Waals surface area contributed by atoms with Crippen LogP contribution >= 0.6 is 27.5 Å². The lowest BCUT2D eigenvalue weighted by Gasteiger charge is -2.27. The van der Waals surface area contributed by atoms with Crippen LogP contribution in [0.15, 0.2) is 4.47 Å². The summed E-state index contributed by atoms with van der Waals surface area (Å²) < 4.78 is 40.6. The van der Waals surface area contributed by atoms with Gasteiger partial charge in [0.05, 0.1) is 4.47 Å². The zero-order valence-electron chi connectivity index (χ0n) is 9.37. The smallest absolute Gasteiger partial charge is 0.180 e. The van der Waals surface area contributed by atoms with Crippen LogP contribution in [0.2, 0.25) is 5.02 Å². The Bertz CT molecular complexity index is 435. The van der Waals surface area contributed by atoms with Gasteiger partial charge in [-0.1, -0.05) is 11.6 Å². The highest BCUT2D eigenvalue weighted by Gasteiger charge is 2.24. The lowest BCUT2D eigenvalue weighted by Crippen LogP contribution is -2.43. The molecule has 1 saturated heterocycles. The molecule has 1 heterocycles. The summed E-state index contributed by atoms with van der Waals surface area (Å²) in [4.78, 5) is 1.92. The second kappa shape index (κ2) is 5.77. The van der Waals surface area contributed by atoms with Gasteiger partial charge in [-0.05, 0) is 15.9 Å². The van der Waals surface area contributed by atoms with E-state index >= 15 is 0 Å². The molecule has 18 heavy (non-hydrogen) atoms. The third-order valence-electron chi connectivity index (χ3n) is 2.89. The number of rotatable bonds is 2. The SMILES string of the molecule is Fc1c(F)c(CN2CCNCC2)c(Br)c(F)c1Cl. The van der Waals surface area contributed by atoms with E-state index in [9.17, 15) is 13.2 Å². The van der Waals surface area contributed by atoms with E-state index in [2.05, 4.69) is 21.2 Å². The van der Waals surface area contributed by atoms with Crippen molar-refractivity contribution in [2.75, 3.05) is 26.2 Å². The van der Waals surface area contributed by atoms with Gasteiger partial charge in [0.25, 0.3) is 0 Å². The maximum Gasteiger partial charge on any atom is 0.180 e. The first-order valence-electron chi connectivity index (χ1n) is 5.45. The van der Waals surface area contributed by atoms with Crippen molar-refractivity contribution in [2.45, 2.75) is 6.54 Å². The average molecular weight is 344 g/mol. The largest absolute Gasteiger partial charge is 0.314 e. The van der Waals surface area contributed by atoms with Gasteiger partial charge >= 0.3 is 0 Å². The molecule has 100 valence electrons. The van der Waals surface area contributed by atoms with Gasteiger partial charge in [0.15, 0.2) is 17.5 Å². The van der Waals surface area contributed by atoms with Gasteiger partial charge in [0.1, 0.15) is 5.02 Å². The average Bonchev–Trinajstić information content (AvgIpc) is 2.40. The fourth-order valence-electron chi connectivity index (χ4n) is 1.88. The summed E-state index contributed by atoms with van der Waals surface area (Å²) in [6.45, 7) is 3.12. The maximum absolute atomic E-state index is 13.8. The topological polar surface area (TPSA) is 15.3 Å². The first-order valence-corrected chi connectivity index (χ1v) is 6.63. The normalized spacial score (nSPS) is 17.2. The standard InChI is InChI=1S/C11H11BrClF3N2/c12-7-6(5-18-3-1-17-2-4-18)9(14)11(16)8(13)10(7)15/h17H,1-5H2. The fraction of sp³-hybridized carbons (Fsp3) is 0.455. The first-order chi connectivity index (χ1) is 8.52. The highest BCUT2D eigenvalue weighted by molar-refractivity contribution is 9.10. The van der Waals surface area contributed by atoms with Crippen LogP contribution in [0.4, 0.5) is 13.2 Å². The molecule has 0 spiro atoms. The third kappa shape index (κ3) is 2.66. The summed E-state index contributed by atoms with van der Waals surface area (Å²) in [5, 5.41) is 2.33. The highest BCUT2D eigenvalue weighted by Crippen LogP contribution is 2.33. The minimum Gasteiger partial charge on any atom is -0.314 e. The van der Waals surface area contributed by atoms with Gasteiger partial charge in [0, 0.05) is 38.3 Å². The van der Waals surface area contributed by atoms with Crippen LogP contribution in [0.25, 0.3) is 0 Å². The Kier molecular flexibility index (Phi) is 4.53. The molecule has 0 aliphatic carbocycles. The van der Waals surface area contributed by atoms with E-state index in [4.69, 9.17) is 11.6 Å². The van der Waals surface area contributed by atoms with E-state index in [1.807, 2.05) is 4.90 Å². The Morgan fingerprint density at radius 3 is 2.33 bits per heavy atom. The van der Waals surface area contributed by atoms with Crippen LogP contribution < -0.4 is 5.32 Å². The predicted molar refractivity (Wildman–Crippen MR) is 67.2 cm³/mol. The van der Waals surface area contributed by atoms with Crippen molar-refractivity contribution in [3.05, 3.63) is 32.5 Å². The summed E-state index contributed by atoms with van der Waals surface area (Å²) in [5.41, 5.74) is -0.0312. The summed E-state index contributed by atoms with van der Waals surface area (Å²) in [6.07, 6.45) is 0. The van der Waals surface area contributed by atoms with E-state index in [1.54, 1.807) is 0 Å². The van der Waals surface area contributed by atoms with Gasteiger partial charge in [-0.15, -0.1) is 0 Å². The molecule has 1 aliphatic rings. The number of nitrogens with one attached hydrogen (secondary N) is 1. The second-order valence-electron chi connectivity index (χ2n) is 4.07. The zero-order chi connectivity index (χ0) is 13.3. The molecular weight excluding hydrogens is 332 g/mol. The second-order valence-corrected chi connectivity index (χ2v) is 5.25. The Labute approximate surface area is 116 Å². The van der Waals surface area contributed by atoms with E-state index in [0.717, 1.165) is 13.1 Å².